The summed E-state index contributed by atoms with van der Waals surface area (Å²) < 4.78 is 5.05. The van der Waals surface area contributed by atoms with E-state index < -0.39 is 29.7 Å². The van der Waals surface area contributed by atoms with Gasteiger partial charge < -0.3 is 20.0 Å². The molecule has 1 amide bonds. The smallest absolute Gasteiger partial charge is 0.341 e. The highest BCUT2D eigenvalue weighted by atomic mass is 32.1. The summed E-state index contributed by atoms with van der Waals surface area (Å²) in [5.41, 5.74) is 0.306. The summed E-state index contributed by atoms with van der Waals surface area (Å²) >= 11 is 1.31. The zero-order valence-corrected chi connectivity index (χ0v) is 15.4. The Kier molecular flexibility index (Phi) is 6.36. The monoisotopic (exact) mass is 364 g/mol. The molecule has 0 spiro atoms. The highest BCUT2D eigenvalue weighted by molar-refractivity contribution is 7.16. The topological polar surface area (TPSA) is 95.5 Å². The fourth-order valence-corrected chi connectivity index (χ4v) is 3.77. The van der Waals surface area contributed by atoms with E-state index in [9.17, 15) is 19.5 Å². The van der Waals surface area contributed by atoms with E-state index in [2.05, 4.69) is 5.32 Å². The summed E-state index contributed by atoms with van der Waals surface area (Å²) in [5.74, 6) is -3.53. The molecule has 0 radical (unpaired) electrons. The Bertz CT molecular complexity index is 692. The lowest BCUT2D eigenvalue weighted by Gasteiger charge is -2.28. The van der Waals surface area contributed by atoms with Gasteiger partial charge in [-0.3, -0.25) is 4.79 Å². The van der Waals surface area contributed by atoms with Gasteiger partial charge in [0.05, 0.1) is 18.1 Å². The van der Waals surface area contributed by atoms with E-state index in [1.165, 1.54) is 11.3 Å². The molecule has 0 aliphatic heterocycles. The molecule has 1 heterocycles. The van der Waals surface area contributed by atoms with Crippen LogP contribution in [0, 0.1) is 11.8 Å². The van der Waals surface area contributed by atoms with E-state index >= 15 is 0 Å². The molecule has 0 aromatic carbocycles. The number of carbonyl (C=O) groups excluding carboxylic acids is 3. The normalized spacial score (nSPS) is 19.7. The molecule has 0 saturated heterocycles. The third-order valence-electron chi connectivity index (χ3n) is 4.12. The number of hydrogen-bond acceptors (Lipinski definition) is 6. The molecule has 25 heavy (non-hydrogen) atoms. The second-order valence-electron chi connectivity index (χ2n) is 6.23. The SMILES string of the molecule is CCOC(=O)c1cc(C(C)C)sc1NC(=O)C1CC=CCC1C(=O)[O-]. The lowest BCUT2D eigenvalue weighted by atomic mass is 9.82. The fourth-order valence-electron chi connectivity index (χ4n) is 2.72. The summed E-state index contributed by atoms with van der Waals surface area (Å²) in [6, 6.07) is 1.72. The Hall–Kier alpha value is -2.15. The zero-order chi connectivity index (χ0) is 18.6. The molecule has 136 valence electrons. The Morgan fingerprint density at radius 2 is 1.92 bits per heavy atom. The van der Waals surface area contributed by atoms with Crippen LogP contribution in [-0.4, -0.2) is 24.5 Å². The number of esters is 1. The van der Waals surface area contributed by atoms with Crippen LogP contribution in [0.25, 0.3) is 0 Å². The summed E-state index contributed by atoms with van der Waals surface area (Å²) in [6.45, 7) is 5.93. The van der Waals surface area contributed by atoms with Crippen molar-refractivity contribution in [2.24, 2.45) is 11.8 Å². The largest absolute Gasteiger partial charge is 0.550 e. The lowest BCUT2D eigenvalue weighted by molar-refractivity contribution is -0.313. The first-order chi connectivity index (χ1) is 11.8. The molecule has 0 fully saturated rings. The second-order valence-corrected chi connectivity index (χ2v) is 7.31. The van der Waals surface area contributed by atoms with E-state index in [-0.39, 0.29) is 18.9 Å². The van der Waals surface area contributed by atoms with Gasteiger partial charge in [0.1, 0.15) is 5.00 Å². The summed E-state index contributed by atoms with van der Waals surface area (Å²) in [4.78, 5) is 37.0. The average molecular weight is 364 g/mol. The molecule has 1 aromatic rings. The van der Waals surface area contributed by atoms with Crippen LogP contribution in [0.2, 0.25) is 0 Å². The molecule has 1 aliphatic carbocycles. The highest BCUT2D eigenvalue weighted by Gasteiger charge is 2.31. The Balaban J connectivity index is 2.25. The number of nitrogens with one attached hydrogen (secondary N) is 1. The number of carboxylic acids is 1. The molecular weight excluding hydrogens is 342 g/mol. The number of ether oxygens (including phenoxy) is 1. The maximum absolute atomic E-state index is 12.6. The zero-order valence-electron chi connectivity index (χ0n) is 14.5. The van der Waals surface area contributed by atoms with Crippen LogP contribution in [-0.2, 0) is 14.3 Å². The third-order valence-corrected chi connectivity index (χ3v) is 5.48. The highest BCUT2D eigenvalue weighted by Crippen LogP contribution is 2.35. The van der Waals surface area contributed by atoms with Crippen LogP contribution < -0.4 is 10.4 Å². The van der Waals surface area contributed by atoms with Crippen LogP contribution in [0.15, 0.2) is 18.2 Å². The van der Waals surface area contributed by atoms with Gasteiger partial charge in [0.15, 0.2) is 0 Å². The van der Waals surface area contributed by atoms with Crippen molar-refractivity contribution in [3.05, 3.63) is 28.7 Å². The van der Waals surface area contributed by atoms with Gasteiger partial charge in [-0.15, -0.1) is 11.3 Å². The number of allylic oxidation sites excluding steroid dienone is 2. The number of hydrogen-bond donors (Lipinski definition) is 1. The molecule has 1 aliphatic rings. The Labute approximate surface area is 150 Å². The first kappa shape index (κ1) is 19.2. The molecule has 0 saturated carbocycles. The number of anilines is 1. The molecule has 7 heteroatoms. The van der Waals surface area contributed by atoms with Crippen molar-refractivity contribution >= 4 is 34.2 Å². The van der Waals surface area contributed by atoms with Gasteiger partial charge in [-0.2, -0.15) is 0 Å². The molecule has 2 rings (SSSR count). The van der Waals surface area contributed by atoms with E-state index in [4.69, 9.17) is 4.74 Å². The number of aliphatic carboxylic acids is 1. The minimum Gasteiger partial charge on any atom is -0.550 e. The quantitative estimate of drug-likeness (QED) is 0.617. The Morgan fingerprint density at radius 3 is 2.48 bits per heavy atom. The van der Waals surface area contributed by atoms with Crippen molar-refractivity contribution in [1.82, 2.24) is 0 Å². The van der Waals surface area contributed by atoms with Crippen molar-refractivity contribution in [1.29, 1.82) is 0 Å². The van der Waals surface area contributed by atoms with Crippen LogP contribution in [0.4, 0.5) is 5.00 Å². The number of amides is 1. The summed E-state index contributed by atoms with van der Waals surface area (Å²) in [5, 5.41) is 14.4. The van der Waals surface area contributed by atoms with E-state index in [1.807, 2.05) is 13.8 Å². The molecule has 6 nitrogen and oxygen atoms in total. The van der Waals surface area contributed by atoms with Crippen LogP contribution in [0.5, 0.6) is 0 Å². The first-order valence-corrected chi connectivity index (χ1v) is 9.14. The van der Waals surface area contributed by atoms with E-state index in [1.54, 1.807) is 25.1 Å². The summed E-state index contributed by atoms with van der Waals surface area (Å²) in [6.07, 6.45) is 4.15. The fraction of sp³-hybridized carbons (Fsp3) is 0.500. The second kappa shape index (κ2) is 8.29. The molecular formula is C18H22NO5S-. The predicted octanol–water partition coefficient (Wildman–Crippen LogP) is 2.32. The van der Waals surface area contributed by atoms with Crippen molar-refractivity contribution in [2.75, 3.05) is 11.9 Å². The van der Waals surface area contributed by atoms with Crippen molar-refractivity contribution in [3.63, 3.8) is 0 Å². The van der Waals surface area contributed by atoms with Gasteiger partial charge in [0.25, 0.3) is 0 Å². The maximum atomic E-state index is 12.6. The van der Waals surface area contributed by atoms with Gasteiger partial charge in [-0.1, -0.05) is 26.0 Å². The molecule has 2 atom stereocenters. The number of rotatable bonds is 6. The number of thiophene rings is 1. The molecule has 0 bridgehead atoms. The maximum Gasteiger partial charge on any atom is 0.341 e. The Morgan fingerprint density at radius 1 is 1.28 bits per heavy atom. The van der Waals surface area contributed by atoms with Gasteiger partial charge in [-0.05, 0) is 31.7 Å². The third kappa shape index (κ3) is 4.48. The van der Waals surface area contributed by atoms with Gasteiger partial charge in [0.2, 0.25) is 5.91 Å². The van der Waals surface area contributed by atoms with Crippen molar-refractivity contribution in [2.45, 2.75) is 39.5 Å². The first-order valence-electron chi connectivity index (χ1n) is 8.32. The minimum atomic E-state index is -1.23. The van der Waals surface area contributed by atoms with E-state index in [0.29, 0.717) is 17.0 Å². The summed E-state index contributed by atoms with van der Waals surface area (Å²) in [7, 11) is 0. The minimum absolute atomic E-state index is 0.192. The van der Waals surface area contributed by atoms with Gasteiger partial charge in [0, 0.05) is 16.8 Å². The molecule has 2 unspecified atom stereocenters. The number of carboxylic acid groups (broad SMARTS) is 1. The van der Waals surface area contributed by atoms with Crippen LogP contribution in [0.1, 0.15) is 54.8 Å². The molecule has 1 aromatic heterocycles. The van der Waals surface area contributed by atoms with Crippen LogP contribution >= 0.6 is 11.3 Å². The number of carbonyl (C=O) groups is 3. The molecule has 1 N–H and O–H groups in total. The van der Waals surface area contributed by atoms with Crippen molar-refractivity contribution in [3.8, 4) is 0 Å². The van der Waals surface area contributed by atoms with Gasteiger partial charge in [-0.25, -0.2) is 4.79 Å². The van der Waals surface area contributed by atoms with Crippen LogP contribution in [0.3, 0.4) is 0 Å². The average Bonchev–Trinajstić information content (AvgIpc) is 2.99. The van der Waals surface area contributed by atoms with Crippen molar-refractivity contribution < 1.29 is 24.2 Å². The standard InChI is InChI=1S/C18H23NO5S/c1-4-24-18(23)13-9-14(10(2)3)25-16(13)19-15(20)11-7-5-6-8-12(11)17(21)22/h5-6,9-12H,4,7-8H2,1-3H3,(H,19,20)(H,21,22)/p-1. The predicted molar refractivity (Wildman–Crippen MR) is 93.4 cm³/mol. The van der Waals surface area contributed by atoms with E-state index in [0.717, 1.165) is 4.88 Å². The van der Waals surface area contributed by atoms with Gasteiger partial charge >= 0.3 is 5.97 Å². The lowest BCUT2D eigenvalue weighted by Crippen LogP contribution is -2.41.